The number of aliphatic hydroxyl groups excluding tert-OH is 3. The lowest BCUT2D eigenvalue weighted by Crippen LogP contribution is -2.57. The first-order valence-corrected chi connectivity index (χ1v) is 4.65. The van der Waals surface area contributed by atoms with E-state index in [9.17, 15) is 15.3 Å². The summed E-state index contributed by atoms with van der Waals surface area (Å²) in [7, 11) is 0. The standard InChI is InChI=1S/C8H14O7/c1-8(12)14-5-3(2-9)13-7(11)4(10)6(5)15-8/h3-7,9-12H,2H2,1H3/t3?,4-,5+,6+,7?,8+/m0/s1. The first-order chi connectivity index (χ1) is 6.94. The van der Waals surface area contributed by atoms with Crippen molar-refractivity contribution in [2.75, 3.05) is 6.61 Å². The molecule has 2 fully saturated rings. The summed E-state index contributed by atoms with van der Waals surface area (Å²) in [6, 6.07) is 0. The second-order valence-corrected chi connectivity index (χ2v) is 3.80. The summed E-state index contributed by atoms with van der Waals surface area (Å²) >= 11 is 0. The van der Waals surface area contributed by atoms with Crippen molar-refractivity contribution in [1.29, 1.82) is 0 Å². The molecule has 0 aromatic heterocycles. The van der Waals surface area contributed by atoms with Crippen molar-refractivity contribution < 1.29 is 34.6 Å². The molecule has 0 aliphatic carbocycles. The van der Waals surface area contributed by atoms with Gasteiger partial charge < -0.3 is 34.6 Å². The third-order valence-corrected chi connectivity index (χ3v) is 2.52. The summed E-state index contributed by atoms with van der Waals surface area (Å²) in [5, 5.41) is 37.3. The Bertz CT molecular complexity index is 235. The van der Waals surface area contributed by atoms with Crippen LogP contribution in [0.2, 0.25) is 0 Å². The molecule has 2 rings (SSSR count). The largest absolute Gasteiger partial charge is 0.394 e. The van der Waals surface area contributed by atoms with E-state index in [1.165, 1.54) is 6.92 Å². The lowest BCUT2D eigenvalue weighted by Gasteiger charge is -2.36. The summed E-state index contributed by atoms with van der Waals surface area (Å²) in [5.74, 6) is -1.84. The van der Waals surface area contributed by atoms with Gasteiger partial charge in [-0.3, -0.25) is 0 Å². The molecular formula is C8H14O7. The molecule has 7 heteroatoms. The average molecular weight is 222 g/mol. The van der Waals surface area contributed by atoms with Crippen LogP contribution in [0.4, 0.5) is 0 Å². The van der Waals surface area contributed by atoms with E-state index < -0.39 is 43.3 Å². The predicted molar refractivity (Wildman–Crippen MR) is 44.3 cm³/mol. The number of rotatable bonds is 1. The van der Waals surface area contributed by atoms with E-state index in [1.807, 2.05) is 0 Å². The SMILES string of the molecule is C[C@]1(O)O[C@@H]2[C@H](O)C(O)OC(CO)[C@H]2O1. The Balaban J connectivity index is 2.18. The van der Waals surface area contributed by atoms with Crippen molar-refractivity contribution in [3.63, 3.8) is 0 Å². The number of hydrogen-bond donors (Lipinski definition) is 4. The van der Waals surface area contributed by atoms with E-state index in [-0.39, 0.29) is 0 Å². The molecule has 2 heterocycles. The van der Waals surface area contributed by atoms with Crippen LogP contribution in [0, 0.1) is 0 Å². The van der Waals surface area contributed by atoms with Gasteiger partial charge in [0, 0.05) is 6.92 Å². The number of fused-ring (bicyclic) bond motifs is 1. The molecule has 0 saturated carbocycles. The summed E-state index contributed by atoms with van der Waals surface area (Å²) in [5.41, 5.74) is 0. The minimum Gasteiger partial charge on any atom is -0.394 e. The molecule has 2 aliphatic heterocycles. The highest BCUT2D eigenvalue weighted by Crippen LogP contribution is 2.35. The van der Waals surface area contributed by atoms with E-state index >= 15 is 0 Å². The molecule has 88 valence electrons. The van der Waals surface area contributed by atoms with E-state index in [2.05, 4.69) is 0 Å². The monoisotopic (exact) mass is 222 g/mol. The maximum Gasteiger partial charge on any atom is 0.278 e. The fourth-order valence-corrected chi connectivity index (χ4v) is 1.86. The molecule has 15 heavy (non-hydrogen) atoms. The molecule has 4 N–H and O–H groups in total. The zero-order valence-electron chi connectivity index (χ0n) is 8.11. The maximum atomic E-state index is 9.52. The van der Waals surface area contributed by atoms with Gasteiger partial charge in [0.05, 0.1) is 6.61 Å². The zero-order valence-corrected chi connectivity index (χ0v) is 8.11. The molecule has 0 spiro atoms. The average Bonchev–Trinajstić information content (AvgIpc) is 2.48. The minimum absolute atomic E-state index is 0.398. The van der Waals surface area contributed by atoms with Crippen molar-refractivity contribution in [2.45, 2.75) is 43.6 Å². The van der Waals surface area contributed by atoms with Crippen LogP contribution in [0.15, 0.2) is 0 Å². The zero-order chi connectivity index (χ0) is 11.2. The van der Waals surface area contributed by atoms with Crippen LogP contribution >= 0.6 is 0 Å². The van der Waals surface area contributed by atoms with Gasteiger partial charge in [0.2, 0.25) is 0 Å². The van der Waals surface area contributed by atoms with Gasteiger partial charge in [-0.05, 0) is 0 Å². The number of aliphatic hydroxyl groups is 4. The number of ether oxygens (including phenoxy) is 3. The van der Waals surface area contributed by atoms with Gasteiger partial charge in [-0.2, -0.15) is 0 Å². The van der Waals surface area contributed by atoms with Crippen LogP contribution in [0.5, 0.6) is 0 Å². The smallest absolute Gasteiger partial charge is 0.278 e. The first-order valence-electron chi connectivity index (χ1n) is 4.65. The minimum atomic E-state index is -1.84. The van der Waals surface area contributed by atoms with Crippen LogP contribution in [0.3, 0.4) is 0 Å². The summed E-state index contributed by atoms with van der Waals surface area (Å²) < 4.78 is 14.9. The molecule has 2 unspecified atom stereocenters. The Hall–Kier alpha value is -0.280. The highest BCUT2D eigenvalue weighted by atomic mass is 16.9. The third-order valence-electron chi connectivity index (χ3n) is 2.52. The van der Waals surface area contributed by atoms with Crippen molar-refractivity contribution in [3.05, 3.63) is 0 Å². The second kappa shape index (κ2) is 3.63. The van der Waals surface area contributed by atoms with E-state index in [0.29, 0.717) is 0 Å². The predicted octanol–water partition coefficient (Wildman–Crippen LogP) is -2.49. The fourth-order valence-electron chi connectivity index (χ4n) is 1.86. The molecule has 0 amide bonds. The lowest BCUT2D eigenvalue weighted by atomic mass is 10.00. The van der Waals surface area contributed by atoms with Crippen LogP contribution in [0.1, 0.15) is 6.92 Å². The van der Waals surface area contributed by atoms with Gasteiger partial charge >= 0.3 is 0 Å². The molecule has 0 bridgehead atoms. The summed E-state index contributed by atoms with van der Waals surface area (Å²) in [6.45, 7) is 0.864. The number of hydrogen-bond acceptors (Lipinski definition) is 7. The molecular weight excluding hydrogens is 208 g/mol. The van der Waals surface area contributed by atoms with Gasteiger partial charge in [0.15, 0.2) is 6.29 Å². The van der Waals surface area contributed by atoms with E-state index in [4.69, 9.17) is 19.3 Å². The third kappa shape index (κ3) is 1.87. The molecule has 0 aromatic rings. The quantitative estimate of drug-likeness (QED) is 0.388. The highest BCUT2D eigenvalue weighted by Gasteiger charge is 2.55. The highest BCUT2D eigenvalue weighted by molar-refractivity contribution is 4.94. The Labute approximate surface area is 85.8 Å². The Morgan fingerprint density at radius 1 is 1.20 bits per heavy atom. The Morgan fingerprint density at radius 2 is 1.80 bits per heavy atom. The topological polar surface area (TPSA) is 109 Å². The van der Waals surface area contributed by atoms with Gasteiger partial charge in [0.25, 0.3) is 5.97 Å². The summed E-state index contributed by atoms with van der Waals surface area (Å²) in [4.78, 5) is 0. The molecule has 6 atom stereocenters. The molecule has 2 aliphatic rings. The summed E-state index contributed by atoms with van der Waals surface area (Å²) in [6.07, 6.45) is -5.32. The van der Waals surface area contributed by atoms with Gasteiger partial charge in [-0.1, -0.05) is 0 Å². The van der Waals surface area contributed by atoms with Crippen LogP contribution in [-0.4, -0.2) is 63.7 Å². The van der Waals surface area contributed by atoms with Crippen LogP contribution in [-0.2, 0) is 14.2 Å². The van der Waals surface area contributed by atoms with Gasteiger partial charge in [0.1, 0.15) is 24.4 Å². The second-order valence-electron chi connectivity index (χ2n) is 3.80. The van der Waals surface area contributed by atoms with Crippen molar-refractivity contribution in [1.82, 2.24) is 0 Å². The van der Waals surface area contributed by atoms with Gasteiger partial charge in [-0.15, -0.1) is 0 Å². The van der Waals surface area contributed by atoms with Gasteiger partial charge in [-0.25, -0.2) is 0 Å². The molecule has 0 aromatic carbocycles. The molecule has 0 radical (unpaired) electrons. The van der Waals surface area contributed by atoms with Crippen LogP contribution < -0.4 is 0 Å². The molecule has 7 nitrogen and oxygen atoms in total. The molecule has 2 saturated heterocycles. The van der Waals surface area contributed by atoms with E-state index in [0.717, 1.165) is 0 Å². The Kier molecular flexibility index (Phi) is 2.72. The maximum absolute atomic E-state index is 9.52. The van der Waals surface area contributed by atoms with Crippen LogP contribution in [0.25, 0.3) is 0 Å². The first kappa shape index (κ1) is 11.2. The van der Waals surface area contributed by atoms with Crippen molar-refractivity contribution in [3.8, 4) is 0 Å². The lowest BCUT2D eigenvalue weighted by molar-refractivity contribution is -0.307. The van der Waals surface area contributed by atoms with Crippen molar-refractivity contribution >= 4 is 0 Å². The van der Waals surface area contributed by atoms with Crippen molar-refractivity contribution in [2.24, 2.45) is 0 Å². The Morgan fingerprint density at radius 3 is 2.40 bits per heavy atom. The fraction of sp³-hybridized carbons (Fsp3) is 1.00. The normalized spacial score (nSPS) is 55.4. The van der Waals surface area contributed by atoms with E-state index in [1.54, 1.807) is 0 Å².